The topological polar surface area (TPSA) is 40.6 Å². The molecule has 4 nitrogen and oxygen atoms in total. The van der Waals surface area contributed by atoms with Gasteiger partial charge in [0.15, 0.2) is 4.32 Å². The average Bonchev–Trinajstić information content (AvgIpc) is 2.89. The maximum absolute atomic E-state index is 12.6. The lowest BCUT2D eigenvalue weighted by atomic mass is 10.1. The number of carbonyl (C=O) groups excluding carboxylic acids is 2. The molecule has 2 amide bonds. The molecule has 0 unspecified atom stereocenters. The first-order valence-electron chi connectivity index (χ1n) is 7.62. The van der Waals surface area contributed by atoms with Gasteiger partial charge in [-0.05, 0) is 35.9 Å². The Morgan fingerprint density at radius 1 is 1.08 bits per heavy atom. The summed E-state index contributed by atoms with van der Waals surface area (Å²) in [7, 11) is 3.94. The molecule has 0 saturated carbocycles. The summed E-state index contributed by atoms with van der Waals surface area (Å²) in [6.07, 6.45) is 1.76. The molecule has 1 heterocycles. The zero-order valence-corrected chi connectivity index (χ0v) is 15.4. The van der Waals surface area contributed by atoms with Gasteiger partial charge in [-0.15, -0.1) is 0 Å². The van der Waals surface area contributed by atoms with Crippen LogP contribution in [0.25, 0.3) is 6.08 Å². The first kappa shape index (κ1) is 17.4. The van der Waals surface area contributed by atoms with Crippen molar-refractivity contribution >= 4 is 51.9 Å². The van der Waals surface area contributed by atoms with Crippen LogP contribution in [-0.4, -0.2) is 35.1 Å². The Kier molecular flexibility index (Phi) is 5.01. The highest BCUT2D eigenvalue weighted by molar-refractivity contribution is 8.26. The number of thioether (sulfide) groups is 1. The maximum Gasteiger partial charge on any atom is 0.273 e. The third kappa shape index (κ3) is 3.65. The minimum absolute atomic E-state index is 0.259. The molecule has 0 bridgehead atoms. The number of hydrogen-bond donors (Lipinski definition) is 0. The molecule has 1 saturated heterocycles. The Labute approximate surface area is 156 Å². The van der Waals surface area contributed by atoms with Crippen molar-refractivity contribution in [3.05, 3.63) is 70.6 Å². The summed E-state index contributed by atoms with van der Waals surface area (Å²) in [6, 6.07) is 16.5. The molecule has 126 valence electrons. The molecule has 1 fully saturated rings. The smallest absolute Gasteiger partial charge is 0.273 e. The molecule has 2 aromatic rings. The van der Waals surface area contributed by atoms with Gasteiger partial charge in [0, 0.05) is 25.3 Å². The summed E-state index contributed by atoms with van der Waals surface area (Å²) >= 11 is 6.39. The van der Waals surface area contributed by atoms with Crippen LogP contribution >= 0.6 is 24.0 Å². The highest BCUT2D eigenvalue weighted by Crippen LogP contribution is 2.33. The van der Waals surface area contributed by atoms with Crippen LogP contribution in [0.1, 0.15) is 15.9 Å². The predicted octanol–water partition coefficient (Wildman–Crippen LogP) is 3.79. The number of imide groups is 1. The molecular weight excluding hydrogens is 352 g/mol. The van der Waals surface area contributed by atoms with E-state index in [2.05, 4.69) is 0 Å². The molecule has 0 aliphatic carbocycles. The summed E-state index contributed by atoms with van der Waals surface area (Å²) in [5.41, 5.74) is 2.40. The average molecular weight is 368 g/mol. The van der Waals surface area contributed by atoms with Gasteiger partial charge in [0.05, 0.1) is 4.91 Å². The van der Waals surface area contributed by atoms with E-state index in [9.17, 15) is 9.59 Å². The van der Waals surface area contributed by atoms with Crippen LogP contribution in [0.4, 0.5) is 5.69 Å². The summed E-state index contributed by atoms with van der Waals surface area (Å²) < 4.78 is 0.259. The standard InChI is InChI=1S/C19H16N2O2S2/c1-20(2)15-10-8-13(9-11-15)12-16-18(23)21(19(24)25-16)17(22)14-6-4-3-5-7-14/h3-12H,1-2H3. The van der Waals surface area contributed by atoms with Crippen molar-refractivity contribution in [1.29, 1.82) is 0 Å². The van der Waals surface area contributed by atoms with E-state index in [1.54, 1.807) is 30.3 Å². The Bertz CT molecular complexity index is 859. The molecule has 0 atom stereocenters. The van der Waals surface area contributed by atoms with E-state index in [-0.39, 0.29) is 10.2 Å². The Morgan fingerprint density at radius 3 is 2.32 bits per heavy atom. The summed E-state index contributed by atoms with van der Waals surface area (Å²) in [5.74, 6) is -0.769. The molecule has 0 N–H and O–H groups in total. The second-order valence-electron chi connectivity index (χ2n) is 5.67. The van der Waals surface area contributed by atoms with Crippen molar-refractivity contribution in [2.45, 2.75) is 0 Å². The third-order valence-electron chi connectivity index (χ3n) is 3.72. The Morgan fingerprint density at radius 2 is 1.72 bits per heavy atom. The second-order valence-corrected chi connectivity index (χ2v) is 7.35. The van der Waals surface area contributed by atoms with E-state index in [1.807, 2.05) is 49.3 Å². The van der Waals surface area contributed by atoms with Gasteiger partial charge in [-0.3, -0.25) is 9.59 Å². The third-order valence-corrected chi connectivity index (χ3v) is 5.03. The van der Waals surface area contributed by atoms with Crippen molar-refractivity contribution in [1.82, 2.24) is 4.90 Å². The maximum atomic E-state index is 12.6. The zero-order valence-electron chi connectivity index (χ0n) is 13.8. The van der Waals surface area contributed by atoms with Crippen LogP contribution in [0, 0.1) is 0 Å². The molecule has 25 heavy (non-hydrogen) atoms. The molecule has 6 heteroatoms. The monoisotopic (exact) mass is 368 g/mol. The van der Waals surface area contributed by atoms with Crippen LogP contribution in [0.5, 0.6) is 0 Å². The fourth-order valence-corrected chi connectivity index (χ4v) is 3.63. The molecular formula is C19H16N2O2S2. The molecule has 1 aliphatic rings. The van der Waals surface area contributed by atoms with Gasteiger partial charge in [0.1, 0.15) is 0 Å². The number of amides is 2. The lowest BCUT2D eigenvalue weighted by molar-refractivity contribution is -0.120. The van der Waals surface area contributed by atoms with E-state index in [0.29, 0.717) is 10.5 Å². The number of hydrogen-bond acceptors (Lipinski definition) is 5. The summed E-state index contributed by atoms with van der Waals surface area (Å²) in [4.78, 5) is 28.7. The molecule has 0 aromatic heterocycles. The Balaban J connectivity index is 1.84. The minimum Gasteiger partial charge on any atom is -0.378 e. The normalized spacial score (nSPS) is 15.8. The number of carbonyl (C=O) groups is 2. The SMILES string of the molecule is CN(C)c1ccc(C=C2SC(=S)N(C(=O)c3ccccc3)C2=O)cc1. The van der Waals surface area contributed by atoms with Gasteiger partial charge < -0.3 is 4.90 Å². The quantitative estimate of drug-likeness (QED) is 0.468. The molecule has 0 radical (unpaired) electrons. The number of benzene rings is 2. The van der Waals surface area contributed by atoms with Crippen molar-refractivity contribution < 1.29 is 9.59 Å². The van der Waals surface area contributed by atoms with Gasteiger partial charge in [0.25, 0.3) is 11.8 Å². The van der Waals surface area contributed by atoms with Crippen LogP contribution in [-0.2, 0) is 4.79 Å². The second kappa shape index (κ2) is 7.21. The highest BCUT2D eigenvalue weighted by Gasteiger charge is 2.37. The van der Waals surface area contributed by atoms with E-state index in [4.69, 9.17) is 12.2 Å². The summed E-state index contributed by atoms with van der Waals surface area (Å²) in [5, 5.41) is 0. The van der Waals surface area contributed by atoms with Gasteiger partial charge >= 0.3 is 0 Å². The first-order valence-corrected chi connectivity index (χ1v) is 8.84. The van der Waals surface area contributed by atoms with Crippen LogP contribution in [0.2, 0.25) is 0 Å². The number of anilines is 1. The molecule has 0 spiro atoms. The van der Waals surface area contributed by atoms with Crippen molar-refractivity contribution in [3.63, 3.8) is 0 Å². The van der Waals surface area contributed by atoms with E-state index in [1.165, 1.54) is 0 Å². The number of rotatable bonds is 3. The lowest BCUT2D eigenvalue weighted by Gasteiger charge is -2.12. The predicted molar refractivity (Wildman–Crippen MR) is 107 cm³/mol. The number of thiocarbonyl (C=S) groups is 1. The highest BCUT2D eigenvalue weighted by atomic mass is 32.2. The van der Waals surface area contributed by atoms with Crippen molar-refractivity contribution in [2.75, 3.05) is 19.0 Å². The lowest BCUT2D eigenvalue weighted by Crippen LogP contribution is -2.34. The fraction of sp³-hybridized carbons (Fsp3) is 0.105. The van der Waals surface area contributed by atoms with Gasteiger partial charge in [-0.1, -0.05) is 54.3 Å². The fourth-order valence-electron chi connectivity index (χ4n) is 2.37. The van der Waals surface area contributed by atoms with Crippen LogP contribution < -0.4 is 4.90 Å². The first-order chi connectivity index (χ1) is 12.0. The molecule has 2 aromatic carbocycles. The summed E-state index contributed by atoms with van der Waals surface area (Å²) in [6.45, 7) is 0. The van der Waals surface area contributed by atoms with E-state index >= 15 is 0 Å². The van der Waals surface area contributed by atoms with Gasteiger partial charge in [-0.2, -0.15) is 0 Å². The number of nitrogens with zero attached hydrogens (tertiary/aromatic N) is 2. The Hall–Kier alpha value is -2.44. The zero-order chi connectivity index (χ0) is 18.0. The van der Waals surface area contributed by atoms with Crippen LogP contribution in [0.3, 0.4) is 0 Å². The molecule has 3 rings (SSSR count). The van der Waals surface area contributed by atoms with E-state index < -0.39 is 5.91 Å². The van der Waals surface area contributed by atoms with E-state index in [0.717, 1.165) is 27.9 Å². The van der Waals surface area contributed by atoms with Crippen molar-refractivity contribution in [2.24, 2.45) is 0 Å². The van der Waals surface area contributed by atoms with Gasteiger partial charge in [-0.25, -0.2) is 4.90 Å². The van der Waals surface area contributed by atoms with Crippen molar-refractivity contribution in [3.8, 4) is 0 Å². The van der Waals surface area contributed by atoms with Gasteiger partial charge in [0.2, 0.25) is 0 Å². The minimum atomic E-state index is -0.394. The van der Waals surface area contributed by atoms with Crippen LogP contribution in [0.15, 0.2) is 59.5 Å². The molecule has 1 aliphatic heterocycles. The largest absolute Gasteiger partial charge is 0.378 e.